The second-order valence-electron chi connectivity index (χ2n) is 5.51. The second kappa shape index (κ2) is 6.31. The number of benzene rings is 1. The van der Waals surface area contributed by atoms with Gasteiger partial charge >= 0.3 is 5.97 Å². The Morgan fingerprint density at radius 1 is 1.41 bits per heavy atom. The lowest BCUT2D eigenvalue weighted by atomic mass is 9.90. The maximum Gasteiger partial charge on any atom is 0.308 e. The third-order valence-electron chi connectivity index (χ3n) is 3.69. The molecular formula is C14H15ClN2O5. The topological polar surface area (TPSA) is 101 Å². The third-order valence-corrected chi connectivity index (χ3v) is 3.99. The quantitative estimate of drug-likeness (QED) is 0.679. The van der Waals surface area contributed by atoms with Gasteiger partial charge in [0, 0.05) is 24.7 Å². The zero-order valence-corrected chi connectivity index (χ0v) is 12.6. The summed E-state index contributed by atoms with van der Waals surface area (Å²) in [4.78, 5) is 35.2. The van der Waals surface area contributed by atoms with Gasteiger partial charge in [0.1, 0.15) is 5.02 Å². The summed E-state index contributed by atoms with van der Waals surface area (Å²) in [5.41, 5.74) is -0.0533. The van der Waals surface area contributed by atoms with Crippen LogP contribution >= 0.6 is 11.6 Å². The van der Waals surface area contributed by atoms with Crippen LogP contribution in [0.2, 0.25) is 5.02 Å². The minimum atomic E-state index is -0.925. The number of halogens is 1. The van der Waals surface area contributed by atoms with Gasteiger partial charge in [0.2, 0.25) is 0 Å². The number of hydrogen-bond acceptors (Lipinski definition) is 4. The fourth-order valence-electron chi connectivity index (χ4n) is 2.67. The van der Waals surface area contributed by atoms with Crippen molar-refractivity contribution in [2.24, 2.45) is 11.8 Å². The molecule has 1 amide bonds. The molecule has 1 N–H and O–H groups in total. The monoisotopic (exact) mass is 326 g/mol. The predicted octanol–water partition coefficient (Wildman–Crippen LogP) is 2.43. The average Bonchev–Trinajstić information content (AvgIpc) is 2.45. The van der Waals surface area contributed by atoms with Crippen LogP contribution in [-0.2, 0) is 4.79 Å². The Bertz CT molecular complexity index is 634. The minimum absolute atomic E-state index is 0.0762. The van der Waals surface area contributed by atoms with E-state index in [1.165, 1.54) is 23.1 Å². The van der Waals surface area contributed by atoms with E-state index in [1.54, 1.807) is 0 Å². The van der Waals surface area contributed by atoms with Crippen LogP contribution in [0.3, 0.4) is 0 Å². The minimum Gasteiger partial charge on any atom is -0.481 e. The fraction of sp³-hybridized carbons (Fsp3) is 0.429. The fourth-order valence-corrected chi connectivity index (χ4v) is 2.92. The number of nitrogens with zero attached hydrogens (tertiary/aromatic N) is 2. The van der Waals surface area contributed by atoms with Crippen LogP contribution in [-0.4, -0.2) is 39.9 Å². The Morgan fingerprint density at radius 2 is 2.09 bits per heavy atom. The Labute approximate surface area is 131 Å². The van der Waals surface area contributed by atoms with Crippen molar-refractivity contribution in [1.29, 1.82) is 0 Å². The molecule has 2 unspecified atom stereocenters. The highest BCUT2D eigenvalue weighted by Crippen LogP contribution is 2.27. The first-order chi connectivity index (χ1) is 10.3. The Hall–Kier alpha value is -2.15. The van der Waals surface area contributed by atoms with Gasteiger partial charge in [0.15, 0.2) is 0 Å². The summed E-state index contributed by atoms with van der Waals surface area (Å²) in [5.74, 6) is -1.81. The summed E-state index contributed by atoms with van der Waals surface area (Å²) < 4.78 is 0. The number of amides is 1. The van der Waals surface area contributed by atoms with Crippen LogP contribution < -0.4 is 0 Å². The first kappa shape index (κ1) is 16.2. The van der Waals surface area contributed by atoms with E-state index in [4.69, 9.17) is 16.7 Å². The van der Waals surface area contributed by atoms with Crippen LogP contribution in [0.4, 0.5) is 5.69 Å². The molecule has 1 aromatic carbocycles. The second-order valence-corrected chi connectivity index (χ2v) is 5.92. The molecule has 1 aromatic rings. The Kier molecular flexibility index (Phi) is 4.65. The molecule has 0 bridgehead atoms. The number of hydrogen-bond donors (Lipinski definition) is 1. The number of carboxylic acids is 1. The number of carbonyl (C=O) groups excluding carboxylic acids is 1. The van der Waals surface area contributed by atoms with E-state index in [1.807, 2.05) is 6.92 Å². The standard InChI is InChI=1S/C14H15ClN2O5/c1-8-4-10(14(19)20)7-16(6-8)13(18)9-2-3-12(17(21)22)11(15)5-9/h2-3,5,8,10H,4,6-7H2,1H3,(H,19,20). The first-order valence-electron chi connectivity index (χ1n) is 6.75. The van der Waals surface area contributed by atoms with E-state index in [0.29, 0.717) is 13.0 Å². The van der Waals surface area contributed by atoms with Gasteiger partial charge in [0.25, 0.3) is 11.6 Å². The number of piperidine rings is 1. The number of carbonyl (C=O) groups is 2. The van der Waals surface area contributed by atoms with Crippen LogP contribution in [0.5, 0.6) is 0 Å². The maximum atomic E-state index is 12.5. The number of carboxylic acid groups (broad SMARTS) is 1. The molecule has 1 saturated heterocycles. The van der Waals surface area contributed by atoms with E-state index in [0.717, 1.165) is 0 Å². The number of aliphatic carboxylic acids is 1. The summed E-state index contributed by atoms with van der Waals surface area (Å²) in [6.45, 7) is 2.47. The zero-order valence-electron chi connectivity index (χ0n) is 11.9. The summed E-state index contributed by atoms with van der Waals surface area (Å²) >= 11 is 5.81. The number of nitro benzene ring substituents is 1. The van der Waals surface area contributed by atoms with Gasteiger partial charge in [-0.05, 0) is 24.5 Å². The zero-order chi connectivity index (χ0) is 16.4. The molecular weight excluding hydrogens is 312 g/mol. The van der Waals surface area contributed by atoms with Crippen molar-refractivity contribution in [2.45, 2.75) is 13.3 Å². The van der Waals surface area contributed by atoms with Crippen LogP contribution in [0.1, 0.15) is 23.7 Å². The van der Waals surface area contributed by atoms with E-state index in [2.05, 4.69) is 0 Å². The molecule has 0 aromatic heterocycles. The van der Waals surface area contributed by atoms with Crippen molar-refractivity contribution >= 4 is 29.2 Å². The molecule has 8 heteroatoms. The van der Waals surface area contributed by atoms with Crippen molar-refractivity contribution in [3.05, 3.63) is 38.9 Å². The summed E-state index contributed by atoms with van der Waals surface area (Å²) in [6.07, 6.45) is 0.528. The highest BCUT2D eigenvalue weighted by Gasteiger charge is 2.32. The van der Waals surface area contributed by atoms with E-state index < -0.39 is 16.8 Å². The lowest BCUT2D eigenvalue weighted by molar-refractivity contribution is -0.384. The molecule has 2 rings (SSSR count). The van der Waals surface area contributed by atoms with E-state index in [-0.39, 0.29) is 34.6 Å². The van der Waals surface area contributed by atoms with Crippen molar-refractivity contribution < 1.29 is 19.6 Å². The van der Waals surface area contributed by atoms with Crippen molar-refractivity contribution in [3.63, 3.8) is 0 Å². The average molecular weight is 327 g/mol. The molecule has 118 valence electrons. The molecule has 1 fully saturated rings. The molecule has 0 aliphatic carbocycles. The van der Waals surface area contributed by atoms with Gasteiger partial charge in [-0.3, -0.25) is 19.7 Å². The lowest BCUT2D eigenvalue weighted by Crippen LogP contribution is -2.45. The number of rotatable bonds is 3. The highest BCUT2D eigenvalue weighted by molar-refractivity contribution is 6.33. The summed E-state index contributed by atoms with van der Waals surface area (Å²) in [7, 11) is 0. The van der Waals surface area contributed by atoms with Gasteiger partial charge in [-0.25, -0.2) is 0 Å². The van der Waals surface area contributed by atoms with Crippen LogP contribution in [0.15, 0.2) is 18.2 Å². The van der Waals surface area contributed by atoms with E-state index >= 15 is 0 Å². The Balaban J connectivity index is 2.22. The predicted molar refractivity (Wildman–Crippen MR) is 78.9 cm³/mol. The molecule has 0 radical (unpaired) electrons. The van der Waals surface area contributed by atoms with Gasteiger partial charge < -0.3 is 10.0 Å². The molecule has 1 aliphatic heterocycles. The molecule has 1 heterocycles. The number of nitro groups is 1. The Morgan fingerprint density at radius 3 is 2.64 bits per heavy atom. The largest absolute Gasteiger partial charge is 0.481 e. The van der Waals surface area contributed by atoms with Gasteiger partial charge in [-0.15, -0.1) is 0 Å². The van der Waals surface area contributed by atoms with Gasteiger partial charge in [-0.2, -0.15) is 0 Å². The third kappa shape index (κ3) is 3.36. The van der Waals surface area contributed by atoms with Gasteiger partial charge in [0.05, 0.1) is 10.8 Å². The molecule has 1 aliphatic rings. The molecule has 0 spiro atoms. The summed E-state index contributed by atoms with van der Waals surface area (Å²) in [5, 5.41) is 19.7. The van der Waals surface area contributed by atoms with Crippen LogP contribution in [0, 0.1) is 22.0 Å². The summed E-state index contributed by atoms with van der Waals surface area (Å²) in [6, 6.07) is 3.76. The van der Waals surface area contributed by atoms with E-state index in [9.17, 15) is 19.7 Å². The first-order valence-corrected chi connectivity index (χ1v) is 7.13. The molecule has 22 heavy (non-hydrogen) atoms. The van der Waals surface area contributed by atoms with Crippen molar-refractivity contribution in [2.75, 3.05) is 13.1 Å². The highest BCUT2D eigenvalue weighted by atomic mass is 35.5. The molecule has 0 saturated carbocycles. The van der Waals surface area contributed by atoms with Crippen molar-refractivity contribution in [3.8, 4) is 0 Å². The maximum absolute atomic E-state index is 12.5. The van der Waals surface area contributed by atoms with Crippen molar-refractivity contribution in [1.82, 2.24) is 4.90 Å². The number of likely N-dealkylation sites (tertiary alicyclic amines) is 1. The lowest BCUT2D eigenvalue weighted by Gasteiger charge is -2.34. The SMILES string of the molecule is CC1CC(C(=O)O)CN(C(=O)c2ccc([N+](=O)[O-])c(Cl)c2)C1. The smallest absolute Gasteiger partial charge is 0.308 e. The molecule has 2 atom stereocenters. The van der Waals surface area contributed by atoms with Crippen LogP contribution in [0.25, 0.3) is 0 Å². The normalized spacial score (nSPS) is 21.5. The molecule has 7 nitrogen and oxygen atoms in total. The van der Waals surface area contributed by atoms with Gasteiger partial charge in [-0.1, -0.05) is 18.5 Å².